The monoisotopic (exact) mass is 242 g/mol. The number of nitrogens with one attached hydrogen (secondary N) is 1. The van der Waals surface area contributed by atoms with Crippen molar-refractivity contribution in [2.24, 2.45) is 0 Å². The van der Waals surface area contributed by atoms with Crippen LogP contribution in [0.3, 0.4) is 0 Å². The van der Waals surface area contributed by atoms with E-state index in [2.05, 4.69) is 28.5 Å². The van der Waals surface area contributed by atoms with Crippen LogP contribution in [0.1, 0.15) is 11.1 Å². The molecule has 2 aromatic rings. The maximum atomic E-state index is 5.69. The summed E-state index contributed by atoms with van der Waals surface area (Å²) in [5.74, 6) is 0.916. The highest BCUT2D eigenvalue weighted by Crippen LogP contribution is 2.12. The second-order valence-corrected chi connectivity index (χ2v) is 4.13. The number of pyridine rings is 1. The summed E-state index contributed by atoms with van der Waals surface area (Å²) in [7, 11) is 1.94. The van der Waals surface area contributed by atoms with Gasteiger partial charge in [0.1, 0.15) is 5.75 Å². The molecule has 0 aliphatic carbocycles. The summed E-state index contributed by atoms with van der Waals surface area (Å²) in [4.78, 5) is 4.08. The molecule has 0 saturated carbocycles. The van der Waals surface area contributed by atoms with Gasteiger partial charge >= 0.3 is 0 Å². The lowest BCUT2D eigenvalue weighted by Crippen LogP contribution is -2.05. The molecule has 0 saturated heterocycles. The summed E-state index contributed by atoms with van der Waals surface area (Å²) in [5.41, 5.74) is 2.46. The van der Waals surface area contributed by atoms with Crippen LogP contribution in [0.15, 0.2) is 48.8 Å². The highest BCUT2D eigenvalue weighted by atomic mass is 16.5. The van der Waals surface area contributed by atoms with E-state index in [4.69, 9.17) is 4.74 Å². The second kappa shape index (κ2) is 6.77. The van der Waals surface area contributed by atoms with Gasteiger partial charge in [0.25, 0.3) is 0 Å². The summed E-state index contributed by atoms with van der Waals surface area (Å²) in [6.45, 7) is 1.56. The molecule has 0 spiro atoms. The Hall–Kier alpha value is -1.87. The van der Waals surface area contributed by atoms with E-state index >= 15 is 0 Å². The van der Waals surface area contributed by atoms with E-state index in [9.17, 15) is 0 Å². The molecule has 2 rings (SSSR count). The van der Waals surface area contributed by atoms with E-state index < -0.39 is 0 Å². The largest absolute Gasteiger partial charge is 0.493 e. The maximum absolute atomic E-state index is 5.69. The molecule has 0 radical (unpaired) electrons. The van der Waals surface area contributed by atoms with Crippen molar-refractivity contribution in [3.63, 3.8) is 0 Å². The Bertz CT molecular complexity index is 454. The molecule has 0 bridgehead atoms. The fourth-order valence-corrected chi connectivity index (χ4v) is 1.74. The fraction of sp³-hybridized carbons (Fsp3) is 0.267. The van der Waals surface area contributed by atoms with E-state index in [-0.39, 0.29) is 0 Å². The molecule has 1 N–H and O–H groups in total. The molecule has 1 heterocycles. The average molecular weight is 242 g/mol. The lowest BCUT2D eigenvalue weighted by atomic mass is 10.2. The van der Waals surface area contributed by atoms with Crippen molar-refractivity contribution in [3.8, 4) is 5.75 Å². The molecule has 94 valence electrons. The summed E-state index contributed by atoms with van der Waals surface area (Å²) in [6.07, 6.45) is 4.54. The first-order valence-corrected chi connectivity index (χ1v) is 6.14. The smallest absolute Gasteiger partial charge is 0.119 e. The minimum atomic E-state index is 0.678. The Morgan fingerprint density at radius 1 is 1.11 bits per heavy atom. The van der Waals surface area contributed by atoms with Crippen LogP contribution in [0, 0.1) is 0 Å². The summed E-state index contributed by atoms with van der Waals surface area (Å²) < 4.78 is 5.69. The Morgan fingerprint density at radius 3 is 2.61 bits per heavy atom. The number of rotatable bonds is 6. The molecule has 0 atom stereocenters. The van der Waals surface area contributed by atoms with Gasteiger partial charge in [-0.15, -0.1) is 0 Å². The Kier molecular flexibility index (Phi) is 4.73. The molecule has 3 heteroatoms. The van der Waals surface area contributed by atoms with Crippen LogP contribution < -0.4 is 10.1 Å². The molecule has 3 nitrogen and oxygen atoms in total. The molecule has 0 aliphatic heterocycles. The van der Waals surface area contributed by atoms with E-state index in [1.165, 1.54) is 11.1 Å². The predicted octanol–water partition coefficient (Wildman–Crippen LogP) is 2.42. The molecular weight excluding hydrogens is 224 g/mol. The first kappa shape index (κ1) is 12.6. The minimum absolute atomic E-state index is 0.678. The average Bonchev–Trinajstić information content (AvgIpc) is 2.42. The van der Waals surface area contributed by atoms with Gasteiger partial charge in [0, 0.05) is 25.4 Å². The zero-order valence-electron chi connectivity index (χ0n) is 10.6. The van der Waals surface area contributed by atoms with Gasteiger partial charge < -0.3 is 10.1 Å². The number of aromatic nitrogens is 1. The van der Waals surface area contributed by atoms with Crippen molar-refractivity contribution >= 4 is 0 Å². The quantitative estimate of drug-likeness (QED) is 0.844. The first-order chi connectivity index (χ1) is 8.88. The highest BCUT2D eigenvalue weighted by Gasteiger charge is 1.96. The maximum Gasteiger partial charge on any atom is 0.119 e. The third-order valence-electron chi connectivity index (χ3n) is 2.69. The zero-order chi connectivity index (χ0) is 12.6. The van der Waals surface area contributed by atoms with Crippen LogP contribution in [-0.4, -0.2) is 18.6 Å². The normalized spacial score (nSPS) is 10.3. The van der Waals surface area contributed by atoms with Crippen LogP contribution in [0.4, 0.5) is 0 Å². The van der Waals surface area contributed by atoms with Gasteiger partial charge in [-0.05, 0) is 36.4 Å². The van der Waals surface area contributed by atoms with E-state index in [0.29, 0.717) is 6.61 Å². The molecule has 18 heavy (non-hydrogen) atoms. The van der Waals surface area contributed by atoms with Crippen molar-refractivity contribution in [1.29, 1.82) is 0 Å². The topological polar surface area (TPSA) is 34.1 Å². The molecule has 0 unspecified atom stereocenters. The third kappa shape index (κ3) is 3.86. The lowest BCUT2D eigenvalue weighted by molar-refractivity contribution is 0.321. The van der Waals surface area contributed by atoms with Crippen LogP contribution in [0.25, 0.3) is 0 Å². The number of hydrogen-bond acceptors (Lipinski definition) is 3. The molecule has 0 aliphatic rings. The van der Waals surface area contributed by atoms with Crippen LogP contribution in [0.5, 0.6) is 5.75 Å². The second-order valence-electron chi connectivity index (χ2n) is 4.13. The number of benzene rings is 1. The molecule has 0 fully saturated rings. The number of ether oxygens (including phenoxy) is 1. The first-order valence-electron chi connectivity index (χ1n) is 6.14. The Labute approximate surface area is 108 Å². The number of nitrogens with zero attached hydrogens (tertiary/aromatic N) is 1. The van der Waals surface area contributed by atoms with Gasteiger partial charge in [-0.25, -0.2) is 0 Å². The van der Waals surface area contributed by atoms with Gasteiger partial charge in [-0.3, -0.25) is 4.98 Å². The molecule has 1 aromatic carbocycles. The van der Waals surface area contributed by atoms with Crippen molar-refractivity contribution < 1.29 is 4.74 Å². The van der Waals surface area contributed by atoms with E-state index in [1.54, 1.807) is 6.20 Å². The highest BCUT2D eigenvalue weighted by molar-refractivity contribution is 5.27. The van der Waals surface area contributed by atoms with Crippen LogP contribution in [0.2, 0.25) is 0 Å². The molecule has 0 amide bonds. The summed E-state index contributed by atoms with van der Waals surface area (Å²) >= 11 is 0. The molecule has 1 aromatic heterocycles. The Morgan fingerprint density at radius 2 is 1.94 bits per heavy atom. The van der Waals surface area contributed by atoms with E-state index in [0.717, 1.165) is 18.7 Å². The molecular formula is C15H18N2O. The zero-order valence-corrected chi connectivity index (χ0v) is 10.6. The van der Waals surface area contributed by atoms with Gasteiger partial charge in [-0.1, -0.05) is 18.2 Å². The van der Waals surface area contributed by atoms with Gasteiger partial charge in [0.2, 0.25) is 0 Å². The van der Waals surface area contributed by atoms with Crippen molar-refractivity contribution in [1.82, 2.24) is 10.3 Å². The van der Waals surface area contributed by atoms with Crippen molar-refractivity contribution in [2.45, 2.75) is 13.0 Å². The van der Waals surface area contributed by atoms with Crippen molar-refractivity contribution in [2.75, 3.05) is 13.7 Å². The van der Waals surface area contributed by atoms with Crippen LogP contribution in [-0.2, 0) is 13.0 Å². The Balaban J connectivity index is 1.80. The fourth-order valence-electron chi connectivity index (χ4n) is 1.74. The SMILES string of the molecule is CNCc1ccc(OCCc2cccnc2)cc1. The van der Waals surface area contributed by atoms with Crippen molar-refractivity contribution in [3.05, 3.63) is 59.9 Å². The lowest BCUT2D eigenvalue weighted by Gasteiger charge is -2.07. The predicted molar refractivity (Wildman–Crippen MR) is 72.6 cm³/mol. The van der Waals surface area contributed by atoms with E-state index in [1.807, 2.05) is 31.4 Å². The standard InChI is InChI=1S/C15H18N2O/c1-16-11-14-4-6-15(7-5-14)18-10-8-13-3-2-9-17-12-13/h2-7,9,12,16H,8,10-11H2,1H3. The van der Waals surface area contributed by atoms with Gasteiger partial charge in [-0.2, -0.15) is 0 Å². The summed E-state index contributed by atoms with van der Waals surface area (Å²) in [6, 6.07) is 12.2. The third-order valence-corrected chi connectivity index (χ3v) is 2.69. The van der Waals surface area contributed by atoms with Gasteiger partial charge in [0.15, 0.2) is 0 Å². The minimum Gasteiger partial charge on any atom is -0.493 e. The van der Waals surface area contributed by atoms with Gasteiger partial charge in [0.05, 0.1) is 6.61 Å². The number of hydrogen-bond donors (Lipinski definition) is 1. The van der Waals surface area contributed by atoms with Crippen LogP contribution >= 0.6 is 0 Å². The summed E-state index contributed by atoms with van der Waals surface area (Å²) in [5, 5.41) is 3.12.